The zero-order valence-electron chi connectivity index (χ0n) is 23.9. The Kier molecular flexibility index (Phi) is 15.9. The number of imidazole rings is 1. The minimum Gasteiger partial charge on any atom is -0.658 e. The molecule has 0 saturated carbocycles. The van der Waals surface area contributed by atoms with Crippen LogP contribution in [0.3, 0.4) is 0 Å². The fourth-order valence-electron chi connectivity index (χ4n) is 3.95. The quantitative estimate of drug-likeness (QED) is 0.303. The second kappa shape index (κ2) is 17.7. The van der Waals surface area contributed by atoms with Gasteiger partial charge in [-0.3, -0.25) is 4.79 Å². The van der Waals surface area contributed by atoms with E-state index in [0.717, 1.165) is 51.8 Å². The standard InChI is InChI=1S/C24H27ClN2O2S.C6H14N.Li/c1-3-4-11-23-26-15-20(27(23)16-18-8-5-6-10-22(18)25)13-19(17(2)24(28)29)14-21-9-7-12-30-21;1-5(2)7-6(3)4;/h5-10,12-13,15,17H,3-4,11,14,16H2,1-2H3,(H,28,29);5-6H,1-4H3;/q;-1;+1. The number of benzene rings is 1. The van der Waals surface area contributed by atoms with Crippen LogP contribution in [0.25, 0.3) is 11.4 Å². The SMILES string of the molecule is CC(C)[N-]C(C)C.CCCCc1ncc(C=C(Cc2cccs2)C(C)C(=O)O)n1Cc1ccccc1Cl.[Li+]. The van der Waals surface area contributed by atoms with Crippen molar-refractivity contribution in [3.63, 3.8) is 0 Å². The van der Waals surface area contributed by atoms with Crippen molar-refractivity contribution >= 4 is 35.0 Å². The van der Waals surface area contributed by atoms with Gasteiger partial charge in [0.25, 0.3) is 0 Å². The van der Waals surface area contributed by atoms with Crippen molar-refractivity contribution in [2.24, 2.45) is 5.92 Å². The maximum absolute atomic E-state index is 11.7. The molecule has 1 atom stereocenters. The molecule has 0 saturated heterocycles. The first-order valence-corrected chi connectivity index (χ1v) is 14.3. The number of carbonyl (C=O) groups is 1. The van der Waals surface area contributed by atoms with E-state index in [1.54, 1.807) is 18.3 Å². The molecule has 2 heterocycles. The Bertz CT molecular complexity index is 1120. The number of hydrogen-bond donors (Lipinski definition) is 1. The fourth-order valence-corrected chi connectivity index (χ4v) is 4.88. The number of carboxylic acid groups (broad SMARTS) is 1. The molecule has 1 N–H and O–H groups in total. The summed E-state index contributed by atoms with van der Waals surface area (Å²) in [5.41, 5.74) is 2.81. The minimum absolute atomic E-state index is 0. The monoisotopic (exact) mass is 549 g/mol. The number of rotatable bonds is 12. The number of halogens is 1. The van der Waals surface area contributed by atoms with Gasteiger partial charge in [0, 0.05) is 22.7 Å². The Morgan fingerprint density at radius 2 is 1.82 bits per heavy atom. The Morgan fingerprint density at radius 1 is 1.13 bits per heavy atom. The van der Waals surface area contributed by atoms with Crippen LogP contribution in [-0.4, -0.2) is 32.7 Å². The molecule has 2 aromatic heterocycles. The Balaban J connectivity index is 0.000000797. The minimum atomic E-state index is -0.818. The zero-order valence-corrected chi connectivity index (χ0v) is 25.5. The molecule has 0 fully saturated rings. The number of nitrogens with zero attached hydrogens (tertiary/aromatic N) is 3. The molecule has 0 aliphatic carbocycles. The van der Waals surface area contributed by atoms with Gasteiger partial charge in [0.05, 0.1) is 24.4 Å². The molecule has 5 nitrogen and oxygen atoms in total. The van der Waals surface area contributed by atoms with Gasteiger partial charge in [-0.15, -0.1) is 23.4 Å². The first-order valence-electron chi connectivity index (χ1n) is 13.1. The molecule has 0 amide bonds. The van der Waals surface area contributed by atoms with E-state index in [-0.39, 0.29) is 18.9 Å². The van der Waals surface area contributed by atoms with Crippen LogP contribution < -0.4 is 18.9 Å². The normalized spacial score (nSPS) is 12.2. The van der Waals surface area contributed by atoms with Gasteiger partial charge in [-0.05, 0) is 48.1 Å². The molecule has 0 spiro atoms. The van der Waals surface area contributed by atoms with Gasteiger partial charge in [-0.25, -0.2) is 4.98 Å². The van der Waals surface area contributed by atoms with E-state index in [4.69, 9.17) is 11.6 Å². The number of unbranched alkanes of at least 4 members (excludes halogenated alkanes) is 1. The summed E-state index contributed by atoms with van der Waals surface area (Å²) < 4.78 is 2.17. The molecule has 1 aromatic carbocycles. The van der Waals surface area contributed by atoms with Gasteiger partial charge in [-0.1, -0.05) is 76.9 Å². The number of hydrogen-bond acceptors (Lipinski definition) is 3. The molecule has 1 unspecified atom stereocenters. The predicted molar refractivity (Wildman–Crippen MR) is 158 cm³/mol. The molecule has 0 aliphatic rings. The van der Waals surface area contributed by atoms with E-state index >= 15 is 0 Å². The average Bonchev–Trinajstić information content (AvgIpc) is 3.48. The number of aromatic nitrogens is 2. The molecular weight excluding hydrogens is 509 g/mol. The van der Waals surface area contributed by atoms with Crippen molar-refractivity contribution in [2.75, 3.05) is 0 Å². The van der Waals surface area contributed by atoms with Crippen LogP contribution >= 0.6 is 22.9 Å². The van der Waals surface area contributed by atoms with Crippen molar-refractivity contribution in [3.8, 4) is 0 Å². The Morgan fingerprint density at radius 3 is 2.34 bits per heavy atom. The number of aliphatic carboxylic acids is 1. The van der Waals surface area contributed by atoms with E-state index in [1.165, 1.54) is 0 Å². The maximum atomic E-state index is 11.7. The molecule has 3 rings (SSSR count). The third-order valence-electron chi connectivity index (χ3n) is 5.82. The van der Waals surface area contributed by atoms with Crippen LogP contribution in [0, 0.1) is 5.92 Å². The van der Waals surface area contributed by atoms with E-state index in [0.29, 0.717) is 25.0 Å². The maximum Gasteiger partial charge on any atom is 1.00 e. The average molecular weight is 550 g/mol. The van der Waals surface area contributed by atoms with Crippen LogP contribution in [0.2, 0.25) is 5.02 Å². The summed E-state index contributed by atoms with van der Waals surface area (Å²) in [4.78, 5) is 17.6. The fraction of sp³-hybridized carbons (Fsp3) is 0.467. The molecule has 0 radical (unpaired) electrons. The second-order valence-corrected chi connectivity index (χ2v) is 11.2. The van der Waals surface area contributed by atoms with Crippen LogP contribution in [0.1, 0.15) is 76.3 Å². The molecular formula is C30H41ClLiN3O2S. The van der Waals surface area contributed by atoms with Crippen LogP contribution in [0.15, 0.2) is 53.5 Å². The topological polar surface area (TPSA) is 69.2 Å². The van der Waals surface area contributed by atoms with Crippen LogP contribution in [0.4, 0.5) is 0 Å². The largest absolute Gasteiger partial charge is 1.00 e. The Hall–Kier alpha value is -1.81. The summed E-state index contributed by atoms with van der Waals surface area (Å²) in [5, 5.41) is 16.7. The van der Waals surface area contributed by atoms with E-state index in [1.807, 2.05) is 54.1 Å². The third-order valence-corrected chi connectivity index (χ3v) is 7.07. The van der Waals surface area contributed by atoms with E-state index < -0.39 is 11.9 Å². The zero-order chi connectivity index (χ0) is 27.4. The predicted octanol–water partition coefficient (Wildman–Crippen LogP) is 5.52. The third kappa shape index (κ3) is 11.5. The van der Waals surface area contributed by atoms with Crippen molar-refractivity contribution in [1.29, 1.82) is 0 Å². The van der Waals surface area contributed by atoms with Gasteiger partial charge >= 0.3 is 24.8 Å². The summed E-state index contributed by atoms with van der Waals surface area (Å²) in [7, 11) is 0. The molecule has 202 valence electrons. The second-order valence-electron chi connectivity index (χ2n) is 9.75. The first kappa shape index (κ1) is 34.2. The van der Waals surface area contributed by atoms with Crippen molar-refractivity contribution in [2.45, 2.75) is 85.9 Å². The first-order chi connectivity index (χ1) is 17.6. The number of thiophene rings is 1. The summed E-state index contributed by atoms with van der Waals surface area (Å²) in [6.07, 6.45) is 7.49. The molecule has 38 heavy (non-hydrogen) atoms. The van der Waals surface area contributed by atoms with Gasteiger partial charge < -0.3 is 15.0 Å². The molecule has 0 bridgehead atoms. The van der Waals surface area contributed by atoms with Crippen molar-refractivity contribution in [1.82, 2.24) is 9.55 Å². The Labute approximate surface area is 249 Å². The molecule has 3 aromatic rings. The van der Waals surface area contributed by atoms with Crippen LogP contribution in [0.5, 0.6) is 0 Å². The molecule has 0 aliphatic heterocycles. The van der Waals surface area contributed by atoms with Gasteiger partial charge in [0.2, 0.25) is 0 Å². The summed E-state index contributed by atoms with van der Waals surface area (Å²) in [5.74, 6) is -0.391. The van der Waals surface area contributed by atoms with Gasteiger partial charge in [0.1, 0.15) is 5.82 Å². The van der Waals surface area contributed by atoms with E-state index in [2.05, 4.69) is 49.5 Å². The smallest absolute Gasteiger partial charge is 0.658 e. The van der Waals surface area contributed by atoms with E-state index in [9.17, 15) is 9.90 Å². The number of carboxylic acids is 1. The van der Waals surface area contributed by atoms with Crippen molar-refractivity contribution < 1.29 is 28.8 Å². The van der Waals surface area contributed by atoms with Gasteiger partial charge in [0.15, 0.2) is 0 Å². The summed E-state index contributed by atoms with van der Waals surface area (Å²) >= 11 is 8.06. The van der Waals surface area contributed by atoms with Gasteiger partial charge in [-0.2, -0.15) is 0 Å². The summed E-state index contributed by atoms with van der Waals surface area (Å²) in [6.45, 7) is 12.9. The number of aryl methyl sites for hydroxylation is 1. The van der Waals surface area contributed by atoms with Crippen molar-refractivity contribution in [3.05, 3.63) is 85.8 Å². The summed E-state index contributed by atoms with van der Waals surface area (Å²) in [6, 6.07) is 12.9. The molecule has 8 heteroatoms. The van der Waals surface area contributed by atoms with Crippen LogP contribution in [-0.2, 0) is 24.2 Å².